The molecule has 2 fully saturated rings. The Labute approximate surface area is 144 Å². The number of carbonyl (C=O) groups is 1. The fourth-order valence-electron chi connectivity index (χ4n) is 3.07. The Balaban J connectivity index is 0.00000156. The van der Waals surface area contributed by atoms with E-state index in [4.69, 9.17) is 13.9 Å². The number of piperidine rings is 1. The van der Waals surface area contributed by atoms with Crippen LogP contribution in [0.2, 0.25) is 0 Å². The molecule has 2 saturated heterocycles. The van der Waals surface area contributed by atoms with Gasteiger partial charge in [-0.05, 0) is 12.1 Å². The van der Waals surface area contributed by atoms with E-state index in [-0.39, 0.29) is 24.4 Å². The molecule has 0 radical (unpaired) electrons. The first-order chi connectivity index (χ1) is 10.7. The van der Waals surface area contributed by atoms with E-state index in [1.54, 1.807) is 12.1 Å². The Kier molecular flexibility index (Phi) is 4.38. The topological polar surface area (TPSA) is 85.0 Å². The number of rotatable bonds is 2. The SMILES string of the molecule is O=C(O)c1cccc2oc(N3CCC4(CC3)OCCO4)nc12.[LiH]. The number of nitrogens with zero attached hydrogens (tertiary/aromatic N) is 2. The molecule has 0 saturated carbocycles. The van der Waals surface area contributed by atoms with Crippen LogP contribution < -0.4 is 4.90 Å². The Hall–Kier alpha value is -1.52. The molecule has 0 bridgehead atoms. The molecule has 1 N–H and O–H groups in total. The van der Waals surface area contributed by atoms with Crippen molar-refractivity contribution in [2.45, 2.75) is 18.6 Å². The van der Waals surface area contributed by atoms with E-state index in [9.17, 15) is 9.90 Å². The Morgan fingerprint density at radius 2 is 1.91 bits per heavy atom. The van der Waals surface area contributed by atoms with Crippen LogP contribution in [0.4, 0.5) is 6.01 Å². The van der Waals surface area contributed by atoms with Crippen LogP contribution in [0.3, 0.4) is 0 Å². The zero-order chi connectivity index (χ0) is 15.2. The minimum absolute atomic E-state index is 0. The van der Waals surface area contributed by atoms with E-state index < -0.39 is 11.8 Å². The van der Waals surface area contributed by atoms with Crippen LogP contribution in [0, 0.1) is 0 Å². The zero-order valence-corrected chi connectivity index (χ0v) is 11.9. The third-order valence-corrected chi connectivity index (χ3v) is 4.25. The van der Waals surface area contributed by atoms with Crippen molar-refractivity contribution in [3.63, 3.8) is 0 Å². The molecule has 4 rings (SSSR count). The van der Waals surface area contributed by atoms with Gasteiger partial charge in [-0.15, -0.1) is 0 Å². The van der Waals surface area contributed by atoms with Crippen molar-refractivity contribution in [3.05, 3.63) is 23.8 Å². The average Bonchev–Trinajstić information content (AvgIpc) is 3.14. The molecule has 3 heterocycles. The standard InChI is InChI=1S/C15H16N2O5.Li.H/c18-13(19)10-2-1-3-11-12(10)16-14(22-11)17-6-4-15(5-7-17)20-8-9-21-15;;/h1-3H,4-9H2,(H,18,19);;. The summed E-state index contributed by atoms with van der Waals surface area (Å²) in [5, 5.41) is 9.21. The number of oxazole rings is 1. The van der Waals surface area contributed by atoms with Crippen molar-refractivity contribution in [1.29, 1.82) is 0 Å². The van der Waals surface area contributed by atoms with E-state index in [0.717, 1.165) is 12.8 Å². The summed E-state index contributed by atoms with van der Waals surface area (Å²) in [5.41, 5.74) is 1.03. The van der Waals surface area contributed by atoms with Gasteiger partial charge in [-0.3, -0.25) is 0 Å². The van der Waals surface area contributed by atoms with Crippen LogP contribution in [-0.2, 0) is 9.47 Å². The number of aromatic carboxylic acids is 1. The van der Waals surface area contributed by atoms with Gasteiger partial charge in [-0.2, -0.15) is 4.98 Å². The van der Waals surface area contributed by atoms with E-state index in [2.05, 4.69) is 4.98 Å². The summed E-state index contributed by atoms with van der Waals surface area (Å²) >= 11 is 0. The predicted molar refractivity (Wildman–Crippen MR) is 84.2 cm³/mol. The minimum atomic E-state index is -1.00. The molecule has 1 aromatic carbocycles. The van der Waals surface area contributed by atoms with Crippen molar-refractivity contribution in [2.24, 2.45) is 0 Å². The molecule has 2 aliphatic heterocycles. The Morgan fingerprint density at radius 1 is 1.22 bits per heavy atom. The molecule has 118 valence electrons. The second-order valence-corrected chi connectivity index (χ2v) is 5.55. The summed E-state index contributed by atoms with van der Waals surface area (Å²) in [5.74, 6) is -1.45. The van der Waals surface area contributed by atoms with E-state index in [1.165, 1.54) is 6.07 Å². The first kappa shape index (κ1) is 16.3. The van der Waals surface area contributed by atoms with E-state index in [0.29, 0.717) is 43.4 Å². The van der Waals surface area contributed by atoms with Gasteiger partial charge in [0.25, 0.3) is 6.01 Å². The second-order valence-electron chi connectivity index (χ2n) is 5.55. The molecule has 1 aromatic heterocycles. The van der Waals surface area contributed by atoms with E-state index in [1.807, 2.05) is 4.90 Å². The van der Waals surface area contributed by atoms with Crippen molar-refractivity contribution < 1.29 is 23.8 Å². The van der Waals surface area contributed by atoms with Gasteiger partial charge in [0, 0.05) is 25.9 Å². The first-order valence-electron chi connectivity index (χ1n) is 7.33. The Morgan fingerprint density at radius 3 is 2.57 bits per heavy atom. The molecule has 0 aliphatic carbocycles. The van der Waals surface area contributed by atoms with Crippen molar-refractivity contribution in [1.82, 2.24) is 4.98 Å². The molecule has 0 atom stereocenters. The summed E-state index contributed by atoms with van der Waals surface area (Å²) in [6.07, 6.45) is 1.50. The quantitative estimate of drug-likeness (QED) is 0.835. The number of anilines is 1. The van der Waals surface area contributed by atoms with Crippen LogP contribution in [0.5, 0.6) is 0 Å². The predicted octanol–water partition coefficient (Wildman–Crippen LogP) is 1.22. The van der Waals surface area contributed by atoms with Gasteiger partial charge < -0.3 is 23.9 Å². The fourth-order valence-corrected chi connectivity index (χ4v) is 3.07. The molecule has 2 aromatic rings. The Bertz CT molecular complexity index is 716. The number of carboxylic acid groups (broad SMARTS) is 1. The molecular formula is C15H17LiN2O5. The van der Waals surface area contributed by atoms with Gasteiger partial charge in [-0.25, -0.2) is 4.79 Å². The molecule has 7 nitrogen and oxygen atoms in total. The van der Waals surface area contributed by atoms with Crippen LogP contribution in [0.1, 0.15) is 23.2 Å². The van der Waals surface area contributed by atoms with Crippen LogP contribution in [0.15, 0.2) is 22.6 Å². The fraction of sp³-hybridized carbons (Fsp3) is 0.467. The number of carboxylic acids is 1. The molecule has 8 heteroatoms. The monoisotopic (exact) mass is 312 g/mol. The molecule has 0 unspecified atom stereocenters. The number of ether oxygens (including phenoxy) is 2. The molecular weight excluding hydrogens is 295 g/mol. The number of hydrogen-bond donors (Lipinski definition) is 1. The number of hydrogen-bond acceptors (Lipinski definition) is 6. The maximum absolute atomic E-state index is 11.2. The van der Waals surface area contributed by atoms with E-state index >= 15 is 0 Å². The molecule has 0 amide bonds. The number of aromatic nitrogens is 1. The normalized spacial score (nSPS) is 19.9. The van der Waals surface area contributed by atoms with Crippen molar-refractivity contribution >= 4 is 41.9 Å². The second kappa shape index (κ2) is 6.17. The number of fused-ring (bicyclic) bond motifs is 1. The van der Waals surface area contributed by atoms with Gasteiger partial charge in [-0.1, -0.05) is 6.07 Å². The number of benzene rings is 1. The van der Waals surface area contributed by atoms with Gasteiger partial charge in [0.1, 0.15) is 5.52 Å². The van der Waals surface area contributed by atoms with Gasteiger partial charge in [0.15, 0.2) is 11.4 Å². The third-order valence-electron chi connectivity index (χ3n) is 4.25. The summed E-state index contributed by atoms with van der Waals surface area (Å²) in [7, 11) is 0. The molecule has 1 spiro atoms. The van der Waals surface area contributed by atoms with Crippen molar-refractivity contribution in [2.75, 3.05) is 31.2 Å². The zero-order valence-electron chi connectivity index (χ0n) is 11.9. The van der Waals surface area contributed by atoms with Crippen molar-refractivity contribution in [3.8, 4) is 0 Å². The van der Waals surface area contributed by atoms with Crippen LogP contribution >= 0.6 is 0 Å². The van der Waals surface area contributed by atoms with Gasteiger partial charge in [0.05, 0.1) is 18.8 Å². The molecule has 2 aliphatic rings. The summed E-state index contributed by atoms with van der Waals surface area (Å²) in [6, 6.07) is 5.37. The number of para-hydroxylation sites is 1. The summed E-state index contributed by atoms with van der Waals surface area (Å²) < 4.78 is 17.1. The summed E-state index contributed by atoms with van der Waals surface area (Å²) in [6.45, 7) is 2.69. The van der Waals surface area contributed by atoms with Gasteiger partial charge in [0.2, 0.25) is 0 Å². The van der Waals surface area contributed by atoms with Gasteiger partial charge >= 0.3 is 24.8 Å². The summed E-state index contributed by atoms with van der Waals surface area (Å²) in [4.78, 5) is 17.6. The average molecular weight is 312 g/mol. The maximum atomic E-state index is 11.2. The first-order valence-corrected chi connectivity index (χ1v) is 7.33. The molecule has 23 heavy (non-hydrogen) atoms. The third kappa shape index (κ3) is 2.86. The van der Waals surface area contributed by atoms with Crippen LogP contribution in [-0.4, -0.2) is 67.0 Å². The van der Waals surface area contributed by atoms with Crippen LogP contribution in [0.25, 0.3) is 11.1 Å².